The van der Waals surface area contributed by atoms with Gasteiger partial charge in [0.15, 0.2) is 0 Å². The molecule has 0 unspecified atom stereocenters. The van der Waals surface area contributed by atoms with E-state index < -0.39 is 0 Å². The number of aliphatic hydroxyl groups is 1. The maximum atomic E-state index is 9.26. The van der Waals surface area contributed by atoms with Crippen molar-refractivity contribution in [2.24, 2.45) is 11.8 Å². The molecule has 0 amide bonds. The Bertz CT molecular complexity index is 358. The Morgan fingerprint density at radius 1 is 1.12 bits per heavy atom. The highest BCUT2D eigenvalue weighted by Crippen LogP contribution is 2.16. The third-order valence-corrected chi connectivity index (χ3v) is 2.90. The minimum atomic E-state index is 0.144. The van der Waals surface area contributed by atoms with Crippen molar-refractivity contribution in [2.75, 3.05) is 6.61 Å². The van der Waals surface area contributed by atoms with Crippen LogP contribution in [-0.2, 0) is 6.42 Å². The van der Waals surface area contributed by atoms with Gasteiger partial charge in [-0.1, -0.05) is 58.0 Å². The summed E-state index contributed by atoms with van der Waals surface area (Å²) >= 11 is 0. The Hall–Kier alpha value is -1.08. The highest BCUT2D eigenvalue weighted by molar-refractivity contribution is 5.53. The summed E-state index contributed by atoms with van der Waals surface area (Å²) in [6.07, 6.45) is 3.21. The molecule has 1 aromatic carbocycles. The van der Waals surface area contributed by atoms with E-state index >= 15 is 0 Å². The van der Waals surface area contributed by atoms with Crippen LogP contribution in [0.4, 0.5) is 0 Å². The molecule has 0 bridgehead atoms. The smallest absolute Gasteiger partial charge is 0.0647 e. The lowest BCUT2D eigenvalue weighted by atomic mass is 9.98. The summed E-state index contributed by atoms with van der Waals surface area (Å²) in [5.41, 5.74) is 3.64. The van der Waals surface area contributed by atoms with Gasteiger partial charge in [0.1, 0.15) is 0 Å². The monoisotopic (exact) mass is 232 g/mol. The van der Waals surface area contributed by atoms with Crippen LogP contribution in [0.15, 0.2) is 29.8 Å². The van der Waals surface area contributed by atoms with Crippen molar-refractivity contribution in [3.05, 3.63) is 41.0 Å². The fraction of sp³-hybridized carbons (Fsp3) is 0.500. The van der Waals surface area contributed by atoms with E-state index in [2.05, 4.69) is 58.0 Å². The lowest BCUT2D eigenvalue weighted by molar-refractivity contribution is 0.320. The van der Waals surface area contributed by atoms with Crippen molar-refractivity contribution >= 4 is 6.08 Å². The quantitative estimate of drug-likeness (QED) is 0.816. The SMILES string of the molecule is CC(C)Cc1ccc(C=C(CO)C(C)C)cc1. The van der Waals surface area contributed by atoms with Gasteiger partial charge in [-0.25, -0.2) is 0 Å². The van der Waals surface area contributed by atoms with Gasteiger partial charge in [0, 0.05) is 0 Å². The Kier molecular flexibility index (Phi) is 5.43. The predicted molar refractivity (Wildman–Crippen MR) is 74.9 cm³/mol. The Morgan fingerprint density at radius 2 is 1.71 bits per heavy atom. The van der Waals surface area contributed by atoms with Crippen molar-refractivity contribution in [3.63, 3.8) is 0 Å². The molecule has 0 radical (unpaired) electrons. The van der Waals surface area contributed by atoms with Crippen LogP contribution in [0.5, 0.6) is 0 Å². The van der Waals surface area contributed by atoms with E-state index in [9.17, 15) is 5.11 Å². The van der Waals surface area contributed by atoms with Crippen molar-refractivity contribution in [3.8, 4) is 0 Å². The molecule has 0 saturated carbocycles. The number of aliphatic hydroxyl groups excluding tert-OH is 1. The first kappa shape index (κ1) is 14.0. The summed E-state index contributed by atoms with van der Waals surface area (Å²) in [5, 5.41) is 9.26. The van der Waals surface area contributed by atoms with Gasteiger partial charge in [-0.2, -0.15) is 0 Å². The van der Waals surface area contributed by atoms with E-state index in [-0.39, 0.29) is 6.61 Å². The molecule has 0 heterocycles. The number of benzene rings is 1. The van der Waals surface area contributed by atoms with Crippen LogP contribution in [0, 0.1) is 11.8 Å². The zero-order chi connectivity index (χ0) is 12.8. The maximum Gasteiger partial charge on any atom is 0.0647 e. The van der Waals surface area contributed by atoms with E-state index in [1.54, 1.807) is 0 Å². The van der Waals surface area contributed by atoms with E-state index in [0.29, 0.717) is 11.8 Å². The summed E-state index contributed by atoms with van der Waals surface area (Å²) in [4.78, 5) is 0. The minimum Gasteiger partial charge on any atom is -0.392 e. The normalized spacial score (nSPS) is 12.5. The predicted octanol–water partition coefficient (Wildman–Crippen LogP) is 3.92. The second-order valence-electron chi connectivity index (χ2n) is 5.37. The molecule has 0 spiro atoms. The summed E-state index contributed by atoms with van der Waals surface area (Å²) in [7, 11) is 0. The zero-order valence-corrected chi connectivity index (χ0v) is 11.4. The molecule has 0 aliphatic rings. The molecule has 94 valence electrons. The largest absolute Gasteiger partial charge is 0.392 e. The highest BCUT2D eigenvalue weighted by atomic mass is 16.3. The Balaban J connectivity index is 2.80. The molecule has 1 aromatic rings. The first-order chi connectivity index (χ1) is 8.02. The van der Waals surface area contributed by atoms with Gasteiger partial charge in [0.05, 0.1) is 6.61 Å². The lowest BCUT2D eigenvalue weighted by Gasteiger charge is -2.09. The average molecular weight is 232 g/mol. The number of hydrogen-bond donors (Lipinski definition) is 1. The Labute approximate surface area is 105 Å². The van der Waals surface area contributed by atoms with E-state index in [1.807, 2.05) is 0 Å². The maximum absolute atomic E-state index is 9.26. The summed E-state index contributed by atoms with van der Waals surface area (Å²) in [6.45, 7) is 8.82. The molecule has 0 aliphatic heterocycles. The van der Waals surface area contributed by atoms with Gasteiger partial charge in [-0.05, 0) is 35.0 Å². The first-order valence-electron chi connectivity index (χ1n) is 6.43. The molecule has 0 saturated heterocycles. The molecule has 0 aromatic heterocycles. The molecule has 0 aliphatic carbocycles. The second-order valence-corrected chi connectivity index (χ2v) is 5.37. The fourth-order valence-corrected chi connectivity index (χ4v) is 1.83. The van der Waals surface area contributed by atoms with Crippen molar-refractivity contribution in [2.45, 2.75) is 34.1 Å². The van der Waals surface area contributed by atoms with Crippen LogP contribution in [-0.4, -0.2) is 11.7 Å². The molecule has 1 rings (SSSR count). The van der Waals surface area contributed by atoms with Crippen LogP contribution in [0.3, 0.4) is 0 Å². The topological polar surface area (TPSA) is 20.2 Å². The molecule has 0 atom stereocenters. The van der Waals surface area contributed by atoms with Crippen molar-refractivity contribution < 1.29 is 5.11 Å². The lowest BCUT2D eigenvalue weighted by Crippen LogP contribution is -1.99. The van der Waals surface area contributed by atoms with Crippen LogP contribution in [0.2, 0.25) is 0 Å². The van der Waals surface area contributed by atoms with Crippen LogP contribution in [0.25, 0.3) is 6.08 Å². The van der Waals surface area contributed by atoms with E-state index in [0.717, 1.165) is 12.0 Å². The Morgan fingerprint density at radius 3 is 2.12 bits per heavy atom. The van der Waals surface area contributed by atoms with Gasteiger partial charge in [-0.15, -0.1) is 0 Å². The molecular formula is C16H24O. The molecule has 17 heavy (non-hydrogen) atoms. The van der Waals surface area contributed by atoms with Gasteiger partial charge < -0.3 is 5.11 Å². The van der Waals surface area contributed by atoms with Gasteiger partial charge in [0.25, 0.3) is 0 Å². The van der Waals surface area contributed by atoms with E-state index in [4.69, 9.17) is 0 Å². The van der Waals surface area contributed by atoms with Crippen molar-refractivity contribution in [1.29, 1.82) is 0 Å². The van der Waals surface area contributed by atoms with Crippen LogP contribution >= 0.6 is 0 Å². The van der Waals surface area contributed by atoms with E-state index in [1.165, 1.54) is 11.1 Å². The first-order valence-corrected chi connectivity index (χ1v) is 6.43. The standard InChI is InChI=1S/C16H24O/c1-12(2)9-14-5-7-15(8-6-14)10-16(11-17)13(3)4/h5-8,10,12-13,17H,9,11H2,1-4H3. The third-order valence-electron chi connectivity index (χ3n) is 2.90. The summed E-state index contributed by atoms with van der Waals surface area (Å²) in [6, 6.07) is 8.63. The third kappa shape index (κ3) is 4.74. The van der Waals surface area contributed by atoms with Crippen LogP contribution in [0.1, 0.15) is 38.8 Å². The van der Waals surface area contributed by atoms with Gasteiger partial charge in [-0.3, -0.25) is 0 Å². The minimum absolute atomic E-state index is 0.144. The highest BCUT2D eigenvalue weighted by Gasteiger charge is 2.02. The molecule has 1 N–H and O–H groups in total. The summed E-state index contributed by atoms with van der Waals surface area (Å²) in [5.74, 6) is 1.09. The molecular weight excluding hydrogens is 208 g/mol. The molecule has 0 fully saturated rings. The van der Waals surface area contributed by atoms with Crippen molar-refractivity contribution in [1.82, 2.24) is 0 Å². The number of hydrogen-bond acceptors (Lipinski definition) is 1. The second kappa shape index (κ2) is 6.61. The molecule has 1 nitrogen and oxygen atoms in total. The zero-order valence-electron chi connectivity index (χ0n) is 11.4. The molecule has 1 heteroatoms. The number of rotatable bonds is 5. The summed E-state index contributed by atoms with van der Waals surface area (Å²) < 4.78 is 0. The van der Waals surface area contributed by atoms with Gasteiger partial charge in [0.2, 0.25) is 0 Å². The fourth-order valence-electron chi connectivity index (χ4n) is 1.83. The van der Waals surface area contributed by atoms with Crippen LogP contribution < -0.4 is 0 Å². The average Bonchev–Trinajstić information content (AvgIpc) is 2.26. The van der Waals surface area contributed by atoms with Gasteiger partial charge >= 0.3 is 0 Å².